The second-order valence-electron chi connectivity index (χ2n) is 7.56. The van der Waals surface area contributed by atoms with Crippen molar-refractivity contribution >= 4 is 28.4 Å². The second-order valence-corrected chi connectivity index (χ2v) is 7.56. The lowest BCUT2D eigenvalue weighted by Gasteiger charge is -2.11. The fourth-order valence-electron chi connectivity index (χ4n) is 3.34. The number of aromatic nitrogens is 2. The average Bonchev–Trinajstić information content (AvgIpc) is 3.29. The Labute approximate surface area is 202 Å². The highest BCUT2D eigenvalue weighted by atomic mass is 19.1. The smallest absolute Gasteiger partial charge is 0.201 e. The molecule has 0 radical (unpaired) electrons. The van der Waals surface area contributed by atoms with E-state index in [1.807, 2.05) is 27.7 Å². The fourth-order valence-corrected chi connectivity index (χ4v) is 3.34. The number of carbonyl (C=O) groups is 1. The van der Waals surface area contributed by atoms with Crippen LogP contribution in [0.5, 0.6) is 5.75 Å². The van der Waals surface area contributed by atoms with Crippen LogP contribution in [0.15, 0.2) is 65.9 Å². The number of aliphatic imine (C=N–C) groups is 1. The van der Waals surface area contributed by atoms with Crippen LogP contribution < -0.4 is 4.74 Å². The Morgan fingerprint density at radius 3 is 2.49 bits per heavy atom. The normalized spacial score (nSPS) is 10.3. The summed E-state index contributed by atoms with van der Waals surface area (Å²) in [5, 5.41) is 8.42. The molecule has 0 saturated heterocycles. The van der Waals surface area contributed by atoms with Crippen molar-refractivity contribution in [2.24, 2.45) is 4.99 Å². The summed E-state index contributed by atoms with van der Waals surface area (Å²) in [6.07, 6.45) is 2.94. The van der Waals surface area contributed by atoms with E-state index in [0.717, 1.165) is 17.8 Å². The third-order valence-electron chi connectivity index (χ3n) is 4.94. The van der Waals surface area contributed by atoms with Gasteiger partial charge in [0.1, 0.15) is 18.1 Å². The lowest BCUT2D eigenvalue weighted by Crippen LogP contribution is -2.09. The zero-order valence-electron chi connectivity index (χ0n) is 19.9. The number of H-pyrrole nitrogens is 1. The minimum absolute atomic E-state index is 0.00310. The zero-order valence-corrected chi connectivity index (χ0v) is 19.9. The average molecular weight is 477 g/mol. The number of aromatic amines is 1. The van der Waals surface area contributed by atoms with Gasteiger partial charge in [0.15, 0.2) is 17.4 Å². The summed E-state index contributed by atoms with van der Waals surface area (Å²) in [5.41, 5.74) is 2.00. The predicted octanol–water partition coefficient (Wildman–Crippen LogP) is 6.48. The molecule has 0 aliphatic heterocycles. The topological polar surface area (TPSA) is 91.2 Å². The van der Waals surface area contributed by atoms with Crippen LogP contribution in [-0.4, -0.2) is 27.3 Å². The predicted molar refractivity (Wildman–Crippen MR) is 134 cm³/mol. The van der Waals surface area contributed by atoms with Gasteiger partial charge in [-0.25, -0.2) is 18.8 Å². The van der Waals surface area contributed by atoms with Crippen LogP contribution >= 0.6 is 0 Å². The van der Waals surface area contributed by atoms with Crippen molar-refractivity contribution in [3.05, 3.63) is 94.8 Å². The minimum Gasteiger partial charge on any atom is -0.486 e. The van der Waals surface area contributed by atoms with E-state index in [1.165, 1.54) is 6.20 Å². The number of ketones is 1. The lowest BCUT2D eigenvalue weighted by atomic mass is 10.0. The lowest BCUT2D eigenvalue weighted by molar-refractivity contribution is 0.103. The van der Waals surface area contributed by atoms with E-state index in [0.29, 0.717) is 22.2 Å². The molecule has 0 amide bonds. The molecule has 2 heterocycles. The molecule has 2 N–H and O–H groups in total. The molecule has 0 aliphatic rings. The second kappa shape index (κ2) is 11.3. The molecule has 2 aromatic heterocycles. The van der Waals surface area contributed by atoms with Crippen molar-refractivity contribution < 1.29 is 18.3 Å². The van der Waals surface area contributed by atoms with Gasteiger partial charge in [0, 0.05) is 34.6 Å². The van der Waals surface area contributed by atoms with Gasteiger partial charge in [0.05, 0.1) is 5.56 Å². The van der Waals surface area contributed by atoms with Crippen molar-refractivity contribution in [2.75, 3.05) is 0 Å². The highest BCUT2D eigenvalue weighted by Crippen LogP contribution is 2.28. The maximum absolute atomic E-state index is 15.1. The maximum Gasteiger partial charge on any atom is 0.201 e. The molecule has 0 atom stereocenters. The highest BCUT2D eigenvalue weighted by molar-refractivity contribution is 6.16. The van der Waals surface area contributed by atoms with Gasteiger partial charge in [-0.1, -0.05) is 38.1 Å². The molecular formula is C27H26F2N4O2. The van der Waals surface area contributed by atoms with Gasteiger partial charge < -0.3 is 9.72 Å². The number of nitrogens with zero attached hydrogens (tertiary/aromatic N) is 2. The van der Waals surface area contributed by atoms with E-state index in [9.17, 15) is 9.18 Å². The van der Waals surface area contributed by atoms with Crippen LogP contribution in [0.3, 0.4) is 0 Å². The molecule has 0 saturated carbocycles. The molecule has 0 bridgehead atoms. The molecule has 0 fully saturated rings. The summed E-state index contributed by atoms with van der Waals surface area (Å²) in [7, 11) is 0. The Kier molecular flexibility index (Phi) is 8.20. The molecule has 180 valence electrons. The van der Waals surface area contributed by atoms with Crippen molar-refractivity contribution in [2.45, 2.75) is 34.3 Å². The van der Waals surface area contributed by atoms with Gasteiger partial charge in [0.25, 0.3) is 0 Å². The maximum atomic E-state index is 15.1. The van der Waals surface area contributed by atoms with E-state index < -0.39 is 23.0 Å². The molecule has 0 unspecified atom stereocenters. The summed E-state index contributed by atoms with van der Waals surface area (Å²) in [5.74, 6) is -2.94. The largest absolute Gasteiger partial charge is 0.486 e. The summed E-state index contributed by atoms with van der Waals surface area (Å²) in [4.78, 5) is 24.0. The zero-order chi connectivity index (χ0) is 25.5. The van der Waals surface area contributed by atoms with E-state index >= 15 is 4.39 Å². The van der Waals surface area contributed by atoms with Gasteiger partial charge in [-0.3, -0.25) is 10.2 Å². The minimum atomic E-state index is -1.07. The molecule has 2 aromatic carbocycles. The van der Waals surface area contributed by atoms with E-state index in [4.69, 9.17) is 10.1 Å². The first-order valence-electron chi connectivity index (χ1n) is 11.1. The number of nitrogens with one attached hydrogen (secondary N) is 2. The third-order valence-corrected chi connectivity index (χ3v) is 4.94. The molecule has 35 heavy (non-hydrogen) atoms. The van der Waals surface area contributed by atoms with Crippen LogP contribution in [0.25, 0.3) is 11.0 Å². The Morgan fingerprint density at radius 2 is 1.80 bits per heavy atom. The number of amidine groups is 1. The molecule has 0 aliphatic carbocycles. The quantitative estimate of drug-likeness (QED) is 0.189. The first-order valence-corrected chi connectivity index (χ1v) is 11.1. The van der Waals surface area contributed by atoms with Gasteiger partial charge in [-0.2, -0.15) is 0 Å². The van der Waals surface area contributed by atoms with Crippen LogP contribution in [0.4, 0.5) is 8.78 Å². The van der Waals surface area contributed by atoms with Gasteiger partial charge in [-0.15, -0.1) is 0 Å². The molecule has 4 aromatic rings. The van der Waals surface area contributed by atoms with Gasteiger partial charge in [0.2, 0.25) is 5.78 Å². The van der Waals surface area contributed by atoms with Gasteiger partial charge in [-0.05, 0) is 43.7 Å². The van der Waals surface area contributed by atoms with Crippen LogP contribution in [0, 0.1) is 17.0 Å². The number of halogens is 2. The van der Waals surface area contributed by atoms with Crippen molar-refractivity contribution in [1.82, 2.24) is 9.97 Å². The summed E-state index contributed by atoms with van der Waals surface area (Å²) in [6.45, 7) is 7.61. The van der Waals surface area contributed by atoms with Gasteiger partial charge >= 0.3 is 0 Å². The Morgan fingerprint density at radius 1 is 1.09 bits per heavy atom. The molecular weight excluding hydrogens is 450 g/mol. The number of carbonyl (C=O) groups excluding carboxylic acids is 1. The molecule has 6 nitrogen and oxygen atoms in total. The molecule has 0 spiro atoms. The number of fused-ring (bicyclic) bond motifs is 1. The van der Waals surface area contributed by atoms with Crippen LogP contribution in [0.2, 0.25) is 0 Å². The first-order chi connectivity index (χ1) is 16.8. The Hall–Kier alpha value is -4.20. The SMILES string of the molecule is CC.CC(C)=NC(=N)c1ccc(COc2ccc(F)c(C(=O)c3c[nH]c4ncccc34)c2F)cc1. The third kappa shape index (κ3) is 5.66. The Balaban J connectivity index is 0.00000167. The van der Waals surface area contributed by atoms with E-state index in [2.05, 4.69) is 15.0 Å². The van der Waals surface area contributed by atoms with E-state index in [1.54, 1.807) is 42.6 Å². The number of rotatable bonds is 6. The number of pyridine rings is 1. The molecule has 8 heteroatoms. The fraction of sp³-hybridized carbons (Fsp3) is 0.185. The monoisotopic (exact) mass is 476 g/mol. The number of ether oxygens (including phenoxy) is 1. The summed E-state index contributed by atoms with van der Waals surface area (Å²) >= 11 is 0. The number of hydrogen-bond donors (Lipinski definition) is 2. The molecule has 4 rings (SSSR count). The summed E-state index contributed by atoms with van der Waals surface area (Å²) < 4.78 is 35.1. The highest BCUT2D eigenvalue weighted by Gasteiger charge is 2.25. The standard InChI is InChI=1S/C25H20F2N4O2.C2H6/c1-14(2)31-24(28)16-7-5-15(6-8-16)13-33-20-10-9-19(26)21(22(20)27)23(32)18-12-30-25-17(18)4-3-11-29-25;1-2/h3-12,28H,13H2,1-2H3,(H,29,30);1-2H3. The van der Waals surface area contributed by atoms with Crippen LogP contribution in [0.1, 0.15) is 54.7 Å². The van der Waals surface area contributed by atoms with Crippen molar-refractivity contribution in [3.63, 3.8) is 0 Å². The Bertz CT molecular complexity index is 1390. The van der Waals surface area contributed by atoms with E-state index in [-0.39, 0.29) is 23.8 Å². The summed E-state index contributed by atoms with van der Waals surface area (Å²) in [6, 6.07) is 12.4. The van der Waals surface area contributed by atoms with Crippen molar-refractivity contribution in [1.29, 1.82) is 5.41 Å². The number of hydrogen-bond acceptors (Lipinski definition) is 4. The number of benzene rings is 2. The first kappa shape index (κ1) is 25.4. The van der Waals surface area contributed by atoms with Crippen LogP contribution in [-0.2, 0) is 6.61 Å². The van der Waals surface area contributed by atoms with Crippen molar-refractivity contribution in [3.8, 4) is 5.75 Å².